The third-order valence-electron chi connectivity index (χ3n) is 9.85. The van der Waals surface area contributed by atoms with E-state index in [2.05, 4.69) is 10.2 Å². The third-order valence-corrected chi connectivity index (χ3v) is 9.85. The largest absolute Gasteiger partial charge is 0.493 e. The fraction of sp³-hybridized carbons (Fsp3) is 0.600. The van der Waals surface area contributed by atoms with Crippen LogP contribution in [-0.2, 0) is 35.7 Å². The van der Waals surface area contributed by atoms with Crippen molar-refractivity contribution in [3.63, 3.8) is 0 Å². The molecule has 0 aromatic heterocycles. The van der Waals surface area contributed by atoms with Crippen LogP contribution in [0, 0.1) is 0 Å². The van der Waals surface area contributed by atoms with Crippen molar-refractivity contribution in [1.29, 1.82) is 0 Å². The van der Waals surface area contributed by atoms with Crippen molar-refractivity contribution in [3.05, 3.63) is 35.1 Å². The van der Waals surface area contributed by atoms with Crippen molar-refractivity contribution in [2.24, 2.45) is 0 Å². The molecule has 1 aromatic rings. The van der Waals surface area contributed by atoms with Crippen molar-refractivity contribution in [2.45, 2.75) is 80.8 Å². The lowest BCUT2D eigenvalue weighted by Gasteiger charge is -2.61. The molecule has 5 aliphatic rings. The zero-order valence-corrected chi connectivity index (χ0v) is 24.5. The van der Waals surface area contributed by atoms with Gasteiger partial charge in [0, 0.05) is 31.1 Å². The van der Waals surface area contributed by atoms with Crippen LogP contribution in [0.25, 0.3) is 0 Å². The molecule has 2 saturated heterocycles. The molecular weight excluding hydrogens is 562 g/mol. The van der Waals surface area contributed by atoms with Crippen molar-refractivity contribution < 1.29 is 48.3 Å². The van der Waals surface area contributed by atoms with E-state index < -0.39 is 53.2 Å². The highest BCUT2D eigenvalue weighted by atomic mass is 16.6. The van der Waals surface area contributed by atoms with Crippen LogP contribution in [-0.4, -0.2) is 108 Å². The van der Waals surface area contributed by atoms with Gasteiger partial charge in [0.1, 0.15) is 11.8 Å². The Kier molecular flexibility index (Phi) is 7.28. The number of carboxylic acid groups (broad SMARTS) is 1. The van der Waals surface area contributed by atoms with Crippen LogP contribution in [0.4, 0.5) is 4.79 Å². The number of likely N-dealkylation sites (tertiary alicyclic amines) is 2. The quantitative estimate of drug-likeness (QED) is 0.367. The number of carbonyl (C=O) groups excluding carboxylic acids is 3. The van der Waals surface area contributed by atoms with E-state index in [0.29, 0.717) is 37.2 Å². The van der Waals surface area contributed by atoms with E-state index >= 15 is 0 Å². The van der Waals surface area contributed by atoms with Gasteiger partial charge in [0.25, 0.3) is 0 Å². The van der Waals surface area contributed by atoms with E-state index in [1.807, 2.05) is 19.2 Å². The van der Waals surface area contributed by atoms with Crippen molar-refractivity contribution in [2.75, 3.05) is 33.8 Å². The summed E-state index contributed by atoms with van der Waals surface area (Å²) in [7, 11) is 3.57. The highest BCUT2D eigenvalue weighted by molar-refractivity contribution is 5.86. The van der Waals surface area contributed by atoms with Gasteiger partial charge in [-0.1, -0.05) is 6.07 Å². The van der Waals surface area contributed by atoms with Crippen molar-refractivity contribution >= 4 is 23.9 Å². The molecule has 3 N–H and O–H groups in total. The van der Waals surface area contributed by atoms with Gasteiger partial charge in [0.15, 0.2) is 23.7 Å². The van der Waals surface area contributed by atoms with Gasteiger partial charge in [-0.25, -0.2) is 9.59 Å². The molecular formula is C30H37N3O10. The molecule has 13 heteroatoms. The average Bonchev–Trinajstić information content (AvgIpc) is 3.60. The summed E-state index contributed by atoms with van der Waals surface area (Å²) in [4.78, 5) is 52.5. The lowest BCUT2D eigenvalue weighted by Crippen LogP contribution is -2.74. The van der Waals surface area contributed by atoms with E-state index in [1.165, 1.54) is 6.92 Å². The predicted molar refractivity (Wildman–Crippen MR) is 149 cm³/mol. The standard InChI is InChI=1S/C30H37N3O10/c1-16(41-22(34)9-12-31-26(35)18-5-4-13-33(18)28(37)38)27(36)42-20-8-10-30(39)21-15-17-6-7-19(40-3)24-23(17)29(30,25(20)43-24)11-14-32(21)2/h6-8,16,18,21,25,39H,4-5,9-15H2,1-3H3,(H,31,35)(H,37,38)/t16?,18?,21-,25+,29+,30-/m1/s1. The minimum atomic E-state index is -1.25. The Bertz CT molecular complexity index is 1400. The molecule has 6 rings (SSSR count). The van der Waals surface area contributed by atoms with Crippen LogP contribution in [0.15, 0.2) is 24.0 Å². The average molecular weight is 600 g/mol. The molecule has 1 aromatic carbocycles. The molecule has 43 heavy (non-hydrogen) atoms. The van der Waals surface area contributed by atoms with E-state index in [0.717, 1.165) is 22.6 Å². The number of rotatable bonds is 8. The highest BCUT2D eigenvalue weighted by Crippen LogP contribution is 2.65. The first-order valence-electron chi connectivity index (χ1n) is 14.7. The number of nitrogens with one attached hydrogen (secondary N) is 1. The van der Waals surface area contributed by atoms with E-state index in [4.69, 9.17) is 18.9 Å². The highest BCUT2D eigenvalue weighted by Gasteiger charge is 2.72. The van der Waals surface area contributed by atoms with Crippen molar-refractivity contribution in [1.82, 2.24) is 15.1 Å². The first-order chi connectivity index (χ1) is 20.5. The summed E-state index contributed by atoms with van der Waals surface area (Å²) in [6.07, 6.45) is 0.831. The molecule has 0 saturated carbocycles. The molecule has 2 fully saturated rings. The smallest absolute Gasteiger partial charge is 0.407 e. The molecule has 13 nitrogen and oxygen atoms in total. The summed E-state index contributed by atoms with van der Waals surface area (Å²) in [6, 6.07) is 2.94. The Morgan fingerprint density at radius 2 is 2.02 bits per heavy atom. The topological polar surface area (TPSA) is 164 Å². The maximum Gasteiger partial charge on any atom is 0.407 e. The number of benzene rings is 1. The summed E-state index contributed by atoms with van der Waals surface area (Å²) in [5, 5.41) is 24.1. The SMILES string of the molecule is COc1ccc2c3c1O[C@H]1C(OC(=O)C(C)OC(=O)CCNC(=O)C4CCCN4C(=O)O)=CC[C@@]4(O)[C@@H](C2)N(C)CC[C@]314. The van der Waals surface area contributed by atoms with E-state index in [9.17, 15) is 29.4 Å². The number of esters is 2. The van der Waals surface area contributed by atoms with Crippen LogP contribution in [0.3, 0.4) is 0 Å². The first-order valence-corrected chi connectivity index (χ1v) is 14.7. The first kappa shape index (κ1) is 29.2. The molecule has 6 atom stereocenters. The van der Waals surface area contributed by atoms with Gasteiger partial charge in [0.05, 0.1) is 24.5 Å². The Hall–Kier alpha value is -3.84. The zero-order valence-electron chi connectivity index (χ0n) is 24.5. The monoisotopic (exact) mass is 599 g/mol. The Morgan fingerprint density at radius 1 is 1.23 bits per heavy atom. The second-order valence-corrected chi connectivity index (χ2v) is 12.0. The number of ether oxygens (including phenoxy) is 4. The Labute approximate surface area is 248 Å². The Balaban J connectivity index is 1.11. The fourth-order valence-electron chi connectivity index (χ4n) is 7.76. The molecule has 2 unspecified atom stereocenters. The number of methoxy groups -OCH3 is 1. The third kappa shape index (κ3) is 4.43. The number of aliphatic hydroxyl groups is 1. The molecule has 1 spiro atoms. The van der Waals surface area contributed by atoms with E-state index in [1.54, 1.807) is 13.2 Å². The minimum absolute atomic E-state index is 0.0659. The normalized spacial score (nSPS) is 30.8. The Morgan fingerprint density at radius 3 is 2.77 bits per heavy atom. The lowest BCUT2D eigenvalue weighted by molar-refractivity contribution is -0.175. The zero-order chi connectivity index (χ0) is 30.7. The summed E-state index contributed by atoms with van der Waals surface area (Å²) in [6.45, 7) is 2.35. The van der Waals surface area contributed by atoms with Gasteiger partial charge >= 0.3 is 18.0 Å². The predicted octanol–water partition coefficient (Wildman–Crippen LogP) is 1.10. The van der Waals surface area contributed by atoms with Gasteiger partial charge in [-0.3, -0.25) is 14.5 Å². The van der Waals surface area contributed by atoms with Crippen LogP contribution in [0.1, 0.15) is 50.2 Å². The summed E-state index contributed by atoms with van der Waals surface area (Å²) in [5.74, 6) is -0.618. The van der Waals surface area contributed by atoms with E-state index in [-0.39, 0.29) is 37.7 Å². The lowest BCUT2D eigenvalue weighted by atomic mass is 9.50. The minimum Gasteiger partial charge on any atom is -0.493 e. The van der Waals surface area contributed by atoms with Crippen LogP contribution >= 0.6 is 0 Å². The van der Waals surface area contributed by atoms with Gasteiger partial charge in [-0.05, 0) is 63.9 Å². The maximum absolute atomic E-state index is 13.1. The van der Waals surface area contributed by atoms with Crippen LogP contribution in [0.5, 0.6) is 11.5 Å². The van der Waals surface area contributed by atoms with Crippen molar-refractivity contribution in [3.8, 4) is 11.5 Å². The molecule has 2 bridgehead atoms. The van der Waals surface area contributed by atoms with Gasteiger partial charge in [-0.15, -0.1) is 0 Å². The van der Waals surface area contributed by atoms with Gasteiger partial charge < -0.3 is 39.4 Å². The summed E-state index contributed by atoms with van der Waals surface area (Å²) >= 11 is 0. The van der Waals surface area contributed by atoms with Crippen LogP contribution in [0.2, 0.25) is 0 Å². The maximum atomic E-state index is 13.1. The molecule has 232 valence electrons. The number of likely N-dealkylation sites (N-methyl/N-ethyl adjacent to an activating group) is 1. The molecule has 0 radical (unpaired) electrons. The summed E-state index contributed by atoms with van der Waals surface area (Å²) < 4.78 is 23.2. The number of nitrogens with zero attached hydrogens (tertiary/aromatic N) is 2. The van der Waals surface area contributed by atoms with Gasteiger partial charge in [0.2, 0.25) is 5.91 Å². The number of hydrogen-bond acceptors (Lipinski definition) is 10. The number of amides is 2. The molecule has 3 aliphatic heterocycles. The number of piperidine rings is 1. The number of carbonyl (C=O) groups is 4. The summed E-state index contributed by atoms with van der Waals surface area (Å²) in [5.41, 5.74) is 0.00826. The van der Waals surface area contributed by atoms with Gasteiger partial charge in [-0.2, -0.15) is 0 Å². The number of hydrogen-bond donors (Lipinski definition) is 3. The fourth-order valence-corrected chi connectivity index (χ4v) is 7.76. The second-order valence-electron chi connectivity index (χ2n) is 12.0. The second kappa shape index (κ2) is 10.7. The molecule has 2 amide bonds. The van der Waals surface area contributed by atoms with Crippen LogP contribution < -0.4 is 14.8 Å². The molecule has 3 heterocycles. The molecule has 2 aliphatic carbocycles.